The Labute approximate surface area is 253 Å². The molecule has 0 radical (unpaired) electrons. The smallest absolute Gasteiger partial charge is 0.333 e. The van der Waals surface area contributed by atoms with Crippen LogP contribution >= 0.6 is 11.6 Å². The highest BCUT2D eigenvalue weighted by molar-refractivity contribution is 6.30. The van der Waals surface area contributed by atoms with E-state index in [0.717, 1.165) is 73.6 Å². The average Bonchev–Trinajstić information content (AvgIpc) is 3.57. The number of para-hydroxylation sites is 2. The zero-order valence-electron chi connectivity index (χ0n) is 24.1. The van der Waals surface area contributed by atoms with E-state index >= 15 is 0 Å². The molecule has 5 aromatic rings. The van der Waals surface area contributed by atoms with Crippen LogP contribution in [0, 0.1) is 12.8 Å². The minimum atomic E-state index is -0.141. The molecule has 2 fully saturated rings. The van der Waals surface area contributed by atoms with Crippen LogP contribution in [0.5, 0.6) is 0 Å². The van der Waals surface area contributed by atoms with Crippen LogP contribution in [0.15, 0.2) is 59.8 Å². The van der Waals surface area contributed by atoms with Crippen molar-refractivity contribution < 1.29 is 9.53 Å². The highest BCUT2D eigenvalue weighted by Crippen LogP contribution is 2.29. The quantitative estimate of drug-likeness (QED) is 0.273. The Morgan fingerprint density at radius 1 is 1.02 bits per heavy atom. The van der Waals surface area contributed by atoms with Crippen molar-refractivity contribution in [3.05, 3.63) is 81.8 Å². The molecule has 10 nitrogen and oxygen atoms in total. The first-order chi connectivity index (χ1) is 21.0. The first kappa shape index (κ1) is 27.8. The molecule has 1 N–H and O–H groups in total. The molecule has 2 aliphatic rings. The molecule has 43 heavy (non-hydrogen) atoms. The molecule has 1 aromatic carbocycles. The third-order valence-corrected chi connectivity index (χ3v) is 9.07. The molecule has 7 rings (SSSR count). The summed E-state index contributed by atoms with van der Waals surface area (Å²) in [6.45, 7) is 3.16. The predicted octanol–water partition coefficient (Wildman–Crippen LogP) is 5.58. The van der Waals surface area contributed by atoms with Gasteiger partial charge in [-0.3, -0.25) is 18.9 Å². The van der Waals surface area contributed by atoms with Gasteiger partial charge in [0.25, 0.3) is 5.91 Å². The number of fused-ring (bicyclic) bond motifs is 2. The number of amides is 1. The van der Waals surface area contributed by atoms with Gasteiger partial charge in [0.15, 0.2) is 11.9 Å². The fraction of sp³-hybridized carbons (Fsp3) is 0.406. The van der Waals surface area contributed by atoms with Gasteiger partial charge < -0.3 is 10.1 Å². The lowest BCUT2D eigenvalue weighted by Crippen LogP contribution is -2.39. The molecular weight excluding hydrogens is 566 g/mol. The molecular formula is C32H34ClN7O3. The maximum absolute atomic E-state index is 14.0. The summed E-state index contributed by atoms with van der Waals surface area (Å²) in [4.78, 5) is 35.8. The highest BCUT2D eigenvalue weighted by Gasteiger charge is 2.26. The molecule has 1 saturated carbocycles. The topological polar surface area (TPSA) is 109 Å². The van der Waals surface area contributed by atoms with Crippen molar-refractivity contribution in [2.75, 3.05) is 6.61 Å². The molecule has 5 heterocycles. The number of rotatable bonds is 6. The third-order valence-electron chi connectivity index (χ3n) is 8.86. The van der Waals surface area contributed by atoms with Crippen LogP contribution in [0.25, 0.3) is 27.8 Å². The first-order valence-electron chi connectivity index (χ1n) is 15.0. The predicted molar refractivity (Wildman–Crippen MR) is 165 cm³/mol. The zero-order chi connectivity index (χ0) is 29.5. The normalized spacial score (nSPS) is 20.9. The molecule has 0 spiro atoms. The van der Waals surface area contributed by atoms with E-state index in [-0.39, 0.29) is 23.9 Å². The number of halogens is 1. The molecule has 0 bridgehead atoms. The van der Waals surface area contributed by atoms with Crippen molar-refractivity contribution in [3.8, 4) is 5.69 Å². The van der Waals surface area contributed by atoms with Crippen molar-refractivity contribution in [3.63, 3.8) is 0 Å². The number of benzene rings is 1. The summed E-state index contributed by atoms with van der Waals surface area (Å²) in [6, 6.07) is 11.6. The number of ether oxygens (including phenoxy) is 1. The van der Waals surface area contributed by atoms with Crippen molar-refractivity contribution in [1.29, 1.82) is 0 Å². The molecule has 222 valence electrons. The van der Waals surface area contributed by atoms with Gasteiger partial charge in [-0.05, 0) is 82.1 Å². The van der Waals surface area contributed by atoms with Gasteiger partial charge in [-0.2, -0.15) is 5.10 Å². The SMILES string of the molecule is Cc1ncc(Cl)cc1C(=O)N[C@H]1CC[C@H](Cn2c(=O)n(-c3cnc4c(cnn4C4CCCCO4)c3)c3ccccc32)CC1. The second-order valence-electron chi connectivity index (χ2n) is 11.7. The minimum absolute atomic E-state index is 0.0790. The van der Waals surface area contributed by atoms with Gasteiger partial charge in [-0.25, -0.2) is 14.5 Å². The number of carbonyl (C=O) groups excluding carboxylic acids is 1. The van der Waals surface area contributed by atoms with E-state index in [1.807, 2.05) is 46.5 Å². The van der Waals surface area contributed by atoms with Crippen molar-refractivity contribution in [1.82, 2.24) is 34.2 Å². The standard InChI is InChI=1S/C32H34ClN7O3/c1-20-26(15-23(33)17-34-20)31(41)37-24-11-9-21(10-12-24)19-38-27-6-2-3-7-28(27)39(32(38)42)25-14-22-16-36-40(30(22)35-18-25)29-8-4-5-13-43-29/h2-3,6-7,14-18,21,24,29H,4-5,8-13,19H2,1H3,(H,37,41)/t21-,24-,29?. The Bertz CT molecular complexity index is 1860. The van der Waals surface area contributed by atoms with E-state index in [1.165, 1.54) is 0 Å². The lowest BCUT2D eigenvalue weighted by atomic mass is 9.85. The van der Waals surface area contributed by atoms with Crippen LogP contribution in [0.2, 0.25) is 5.02 Å². The maximum atomic E-state index is 14.0. The zero-order valence-corrected chi connectivity index (χ0v) is 24.8. The number of carbonyl (C=O) groups is 1. The highest BCUT2D eigenvalue weighted by atomic mass is 35.5. The summed E-state index contributed by atoms with van der Waals surface area (Å²) in [5.74, 6) is 0.187. The fourth-order valence-corrected chi connectivity index (χ4v) is 6.72. The Kier molecular flexibility index (Phi) is 7.48. The second kappa shape index (κ2) is 11.6. The van der Waals surface area contributed by atoms with Gasteiger partial charge in [0.2, 0.25) is 0 Å². The molecule has 1 aliphatic heterocycles. The number of hydrogen-bond acceptors (Lipinski definition) is 6. The average molecular weight is 600 g/mol. The summed E-state index contributed by atoms with van der Waals surface area (Å²) in [7, 11) is 0. The van der Waals surface area contributed by atoms with Gasteiger partial charge in [0, 0.05) is 30.8 Å². The van der Waals surface area contributed by atoms with Gasteiger partial charge in [0.05, 0.1) is 45.4 Å². The van der Waals surface area contributed by atoms with Crippen molar-refractivity contribution in [2.45, 2.75) is 70.7 Å². The van der Waals surface area contributed by atoms with Crippen LogP contribution in [0.1, 0.15) is 67.2 Å². The van der Waals surface area contributed by atoms with Gasteiger partial charge >= 0.3 is 5.69 Å². The van der Waals surface area contributed by atoms with Gasteiger partial charge in [-0.15, -0.1) is 0 Å². The number of hydrogen-bond donors (Lipinski definition) is 1. The molecule has 1 saturated heterocycles. The Hall–Kier alpha value is -4.02. The summed E-state index contributed by atoms with van der Waals surface area (Å²) < 4.78 is 11.4. The van der Waals surface area contributed by atoms with E-state index in [0.29, 0.717) is 34.4 Å². The summed E-state index contributed by atoms with van der Waals surface area (Å²) in [5.41, 5.74) is 4.32. The molecule has 1 aliphatic carbocycles. The van der Waals surface area contributed by atoms with Crippen LogP contribution < -0.4 is 11.0 Å². The summed E-state index contributed by atoms with van der Waals surface area (Å²) in [6.07, 6.45) is 11.6. The largest absolute Gasteiger partial charge is 0.356 e. The summed E-state index contributed by atoms with van der Waals surface area (Å²) >= 11 is 6.07. The minimum Gasteiger partial charge on any atom is -0.356 e. The van der Waals surface area contributed by atoms with E-state index in [1.54, 1.807) is 29.2 Å². The first-order valence-corrected chi connectivity index (χ1v) is 15.4. The van der Waals surface area contributed by atoms with E-state index in [4.69, 9.17) is 21.3 Å². The van der Waals surface area contributed by atoms with Crippen LogP contribution in [-0.2, 0) is 11.3 Å². The lowest BCUT2D eigenvalue weighted by molar-refractivity contribution is -0.0370. The Morgan fingerprint density at radius 2 is 1.84 bits per heavy atom. The van der Waals surface area contributed by atoms with Crippen LogP contribution in [0.4, 0.5) is 0 Å². The van der Waals surface area contributed by atoms with Crippen molar-refractivity contribution >= 4 is 39.6 Å². The maximum Gasteiger partial charge on any atom is 0.333 e. The Morgan fingerprint density at radius 3 is 2.63 bits per heavy atom. The molecule has 1 amide bonds. The lowest BCUT2D eigenvalue weighted by Gasteiger charge is -2.29. The van der Waals surface area contributed by atoms with Crippen LogP contribution in [-0.4, -0.2) is 47.4 Å². The number of imidazole rings is 1. The second-order valence-corrected chi connectivity index (χ2v) is 12.1. The van der Waals surface area contributed by atoms with E-state index in [9.17, 15) is 9.59 Å². The van der Waals surface area contributed by atoms with Gasteiger partial charge in [-0.1, -0.05) is 23.7 Å². The van der Waals surface area contributed by atoms with Crippen molar-refractivity contribution in [2.24, 2.45) is 5.92 Å². The molecule has 11 heteroatoms. The number of aryl methyl sites for hydroxylation is 1. The number of aromatic nitrogens is 6. The fourth-order valence-electron chi connectivity index (χ4n) is 6.56. The van der Waals surface area contributed by atoms with Crippen LogP contribution in [0.3, 0.4) is 0 Å². The number of pyridine rings is 2. The summed E-state index contributed by atoms with van der Waals surface area (Å²) in [5, 5.41) is 9.05. The third kappa shape index (κ3) is 5.34. The Balaban J connectivity index is 1.10. The molecule has 4 aromatic heterocycles. The number of nitrogens with zero attached hydrogens (tertiary/aromatic N) is 6. The number of nitrogens with one attached hydrogen (secondary N) is 1. The molecule has 1 unspecified atom stereocenters. The van der Waals surface area contributed by atoms with Gasteiger partial charge in [0.1, 0.15) is 0 Å². The van der Waals surface area contributed by atoms with E-state index < -0.39 is 0 Å². The van der Waals surface area contributed by atoms with E-state index in [2.05, 4.69) is 15.4 Å². The monoisotopic (exact) mass is 599 g/mol. The molecule has 1 atom stereocenters.